The number of hydrogen-bond acceptors (Lipinski definition) is 6. The Balaban J connectivity index is 1.73. The molecule has 0 bridgehead atoms. The number of nitriles is 1. The van der Waals surface area contributed by atoms with Gasteiger partial charge in [0.25, 0.3) is 5.56 Å². The molecular weight excluding hydrogens is 384 g/mol. The number of aromatic nitrogens is 2. The fraction of sp³-hybridized carbons (Fsp3) is 0.136. The lowest BCUT2D eigenvalue weighted by Gasteiger charge is -2.10. The van der Waals surface area contributed by atoms with Gasteiger partial charge in [-0.05, 0) is 42.8 Å². The molecule has 0 saturated heterocycles. The summed E-state index contributed by atoms with van der Waals surface area (Å²) in [6, 6.07) is 15.5. The first-order chi connectivity index (χ1) is 14.5. The van der Waals surface area contributed by atoms with E-state index in [9.17, 15) is 14.4 Å². The molecule has 1 aromatic heterocycles. The first kappa shape index (κ1) is 20.5. The van der Waals surface area contributed by atoms with E-state index in [1.54, 1.807) is 55.5 Å². The summed E-state index contributed by atoms with van der Waals surface area (Å²) in [7, 11) is 0. The number of benzene rings is 2. The summed E-state index contributed by atoms with van der Waals surface area (Å²) < 4.78 is 6.18. The van der Waals surface area contributed by atoms with Gasteiger partial charge in [-0.1, -0.05) is 24.3 Å². The average molecular weight is 402 g/mol. The molecule has 0 aliphatic heterocycles. The number of ether oxygens (including phenoxy) is 1. The standard InChI is InChI=1S/C22H18N4O4/c1-2-30-22(29)16(12-23)11-15-7-9-17(10-8-15)25-20(27)14-26-19-6-4-3-5-18(19)24-13-21(26)28/h3-11,13H,2,14H2,1H3,(H,25,27)/b16-11+. The molecule has 2 aromatic carbocycles. The van der Waals surface area contributed by atoms with E-state index in [0.717, 1.165) is 0 Å². The summed E-state index contributed by atoms with van der Waals surface area (Å²) in [5.74, 6) is -1.06. The van der Waals surface area contributed by atoms with Crippen LogP contribution in [0.3, 0.4) is 0 Å². The van der Waals surface area contributed by atoms with Crippen LogP contribution < -0.4 is 10.9 Å². The van der Waals surface area contributed by atoms with Crippen LogP contribution in [-0.4, -0.2) is 28.0 Å². The zero-order valence-corrected chi connectivity index (χ0v) is 16.2. The molecule has 150 valence electrons. The topological polar surface area (TPSA) is 114 Å². The Kier molecular flexibility index (Phi) is 6.35. The van der Waals surface area contributed by atoms with Gasteiger partial charge in [-0.3, -0.25) is 14.2 Å². The molecule has 0 saturated carbocycles. The second kappa shape index (κ2) is 9.30. The third-order valence-electron chi connectivity index (χ3n) is 4.18. The molecule has 0 aliphatic carbocycles. The maximum atomic E-state index is 12.4. The van der Waals surface area contributed by atoms with Gasteiger partial charge in [0, 0.05) is 5.69 Å². The van der Waals surface area contributed by atoms with Crippen molar-refractivity contribution in [3.8, 4) is 6.07 Å². The Morgan fingerprint density at radius 1 is 1.20 bits per heavy atom. The molecule has 0 unspecified atom stereocenters. The van der Waals surface area contributed by atoms with E-state index in [4.69, 9.17) is 10.00 Å². The number of amides is 1. The molecule has 1 N–H and O–H groups in total. The fourth-order valence-corrected chi connectivity index (χ4v) is 2.80. The van der Waals surface area contributed by atoms with Crippen LogP contribution in [-0.2, 0) is 20.9 Å². The quantitative estimate of drug-likeness (QED) is 0.385. The smallest absolute Gasteiger partial charge is 0.348 e. The highest BCUT2D eigenvalue weighted by molar-refractivity contribution is 5.98. The van der Waals surface area contributed by atoms with Gasteiger partial charge >= 0.3 is 5.97 Å². The lowest BCUT2D eigenvalue weighted by atomic mass is 10.1. The van der Waals surface area contributed by atoms with Gasteiger partial charge in [-0.25, -0.2) is 9.78 Å². The summed E-state index contributed by atoms with van der Waals surface area (Å²) in [6.07, 6.45) is 2.60. The Morgan fingerprint density at radius 3 is 2.63 bits per heavy atom. The molecular formula is C22H18N4O4. The van der Waals surface area contributed by atoms with Crippen LogP contribution in [0.2, 0.25) is 0 Å². The van der Waals surface area contributed by atoms with Gasteiger partial charge < -0.3 is 10.1 Å². The highest BCUT2D eigenvalue weighted by Crippen LogP contribution is 2.14. The van der Waals surface area contributed by atoms with E-state index in [1.165, 1.54) is 16.8 Å². The van der Waals surface area contributed by atoms with Gasteiger partial charge in [-0.15, -0.1) is 0 Å². The number of esters is 1. The van der Waals surface area contributed by atoms with Crippen molar-refractivity contribution in [2.24, 2.45) is 0 Å². The lowest BCUT2D eigenvalue weighted by Crippen LogP contribution is -2.27. The molecule has 0 radical (unpaired) electrons. The van der Waals surface area contributed by atoms with Crippen molar-refractivity contribution in [1.82, 2.24) is 9.55 Å². The largest absolute Gasteiger partial charge is 0.462 e. The van der Waals surface area contributed by atoms with E-state index in [0.29, 0.717) is 22.3 Å². The van der Waals surface area contributed by atoms with E-state index in [1.807, 2.05) is 6.07 Å². The van der Waals surface area contributed by atoms with Crippen molar-refractivity contribution in [2.75, 3.05) is 11.9 Å². The minimum atomic E-state index is -0.688. The molecule has 1 amide bonds. The summed E-state index contributed by atoms with van der Waals surface area (Å²) in [6.45, 7) is 1.68. The van der Waals surface area contributed by atoms with Crippen LogP contribution in [0.4, 0.5) is 5.69 Å². The SMILES string of the molecule is CCOC(=O)/C(C#N)=C/c1ccc(NC(=O)Cn2c(=O)cnc3ccccc32)cc1. The average Bonchev–Trinajstić information content (AvgIpc) is 2.75. The molecule has 8 heteroatoms. The molecule has 3 aromatic rings. The van der Waals surface area contributed by atoms with Gasteiger partial charge in [0.1, 0.15) is 18.2 Å². The predicted molar refractivity (Wildman–Crippen MR) is 111 cm³/mol. The first-order valence-electron chi connectivity index (χ1n) is 9.15. The Bertz CT molecular complexity index is 1220. The highest BCUT2D eigenvalue weighted by atomic mass is 16.5. The molecule has 0 fully saturated rings. The number of rotatable bonds is 6. The first-order valence-corrected chi connectivity index (χ1v) is 9.15. The van der Waals surface area contributed by atoms with Crippen molar-refractivity contribution < 1.29 is 14.3 Å². The van der Waals surface area contributed by atoms with Crippen molar-refractivity contribution >= 4 is 34.7 Å². The van der Waals surface area contributed by atoms with Crippen molar-refractivity contribution in [2.45, 2.75) is 13.5 Å². The van der Waals surface area contributed by atoms with Crippen LogP contribution in [0.25, 0.3) is 17.1 Å². The number of hydrogen-bond donors (Lipinski definition) is 1. The zero-order chi connectivity index (χ0) is 21.5. The predicted octanol–water partition coefficient (Wildman–Crippen LogP) is 2.51. The normalized spacial score (nSPS) is 11.0. The third-order valence-corrected chi connectivity index (χ3v) is 4.18. The van der Waals surface area contributed by atoms with Crippen LogP contribution in [0.1, 0.15) is 12.5 Å². The van der Waals surface area contributed by atoms with Gasteiger partial charge in [0.2, 0.25) is 5.91 Å². The number of fused-ring (bicyclic) bond motifs is 1. The maximum absolute atomic E-state index is 12.4. The summed E-state index contributed by atoms with van der Waals surface area (Å²) in [5, 5.41) is 11.8. The number of carbonyl (C=O) groups excluding carboxylic acids is 2. The fourth-order valence-electron chi connectivity index (χ4n) is 2.80. The number of para-hydroxylation sites is 2. The Hall–Kier alpha value is -4.25. The molecule has 1 heterocycles. The summed E-state index contributed by atoms with van der Waals surface area (Å²) >= 11 is 0. The van der Waals surface area contributed by atoms with Crippen LogP contribution in [0.5, 0.6) is 0 Å². The van der Waals surface area contributed by atoms with Gasteiger partial charge in [0.05, 0.1) is 23.8 Å². The molecule has 0 atom stereocenters. The lowest BCUT2D eigenvalue weighted by molar-refractivity contribution is -0.137. The second-order valence-electron chi connectivity index (χ2n) is 6.23. The molecule has 3 rings (SSSR count). The van der Waals surface area contributed by atoms with E-state index in [2.05, 4.69) is 10.3 Å². The van der Waals surface area contributed by atoms with Crippen LogP contribution >= 0.6 is 0 Å². The Morgan fingerprint density at radius 2 is 1.93 bits per heavy atom. The zero-order valence-electron chi connectivity index (χ0n) is 16.2. The number of carbonyl (C=O) groups is 2. The summed E-state index contributed by atoms with van der Waals surface area (Å²) in [4.78, 5) is 40.3. The van der Waals surface area contributed by atoms with Gasteiger partial charge in [-0.2, -0.15) is 5.26 Å². The second-order valence-corrected chi connectivity index (χ2v) is 6.23. The van der Waals surface area contributed by atoms with E-state index >= 15 is 0 Å². The summed E-state index contributed by atoms with van der Waals surface area (Å²) in [5.41, 5.74) is 1.83. The highest BCUT2D eigenvalue weighted by Gasteiger charge is 2.11. The van der Waals surface area contributed by atoms with E-state index in [-0.39, 0.29) is 30.2 Å². The molecule has 0 aliphatic rings. The van der Waals surface area contributed by atoms with Gasteiger partial charge in [0.15, 0.2) is 0 Å². The van der Waals surface area contributed by atoms with Crippen molar-refractivity contribution in [3.63, 3.8) is 0 Å². The van der Waals surface area contributed by atoms with Crippen LogP contribution in [0, 0.1) is 11.3 Å². The minimum Gasteiger partial charge on any atom is -0.462 e. The number of nitrogens with zero attached hydrogens (tertiary/aromatic N) is 3. The maximum Gasteiger partial charge on any atom is 0.348 e. The molecule has 0 spiro atoms. The number of nitrogens with one attached hydrogen (secondary N) is 1. The molecule has 8 nitrogen and oxygen atoms in total. The molecule has 30 heavy (non-hydrogen) atoms. The number of anilines is 1. The van der Waals surface area contributed by atoms with Crippen LogP contribution in [0.15, 0.2) is 65.1 Å². The monoisotopic (exact) mass is 402 g/mol. The Labute approximate surface area is 172 Å². The van der Waals surface area contributed by atoms with Crippen molar-refractivity contribution in [1.29, 1.82) is 5.26 Å². The minimum absolute atomic E-state index is 0.113. The third kappa shape index (κ3) is 4.77. The van der Waals surface area contributed by atoms with Crippen molar-refractivity contribution in [3.05, 3.63) is 76.2 Å². The van der Waals surface area contributed by atoms with E-state index < -0.39 is 5.97 Å².